The Morgan fingerprint density at radius 1 is 0.308 bits per heavy atom. The van der Waals surface area contributed by atoms with Gasteiger partial charge < -0.3 is 14.2 Å². The number of ether oxygens (including phenoxy) is 3. The molecule has 0 saturated heterocycles. The van der Waals surface area contributed by atoms with Crippen molar-refractivity contribution in [1.29, 1.82) is 0 Å². The molecule has 0 saturated carbocycles. The minimum atomic E-state index is -0.780. The molecular formula is C59H106O6. The van der Waals surface area contributed by atoms with Crippen LogP contribution in [0.2, 0.25) is 0 Å². The lowest BCUT2D eigenvalue weighted by Gasteiger charge is -2.18. The van der Waals surface area contributed by atoms with Crippen molar-refractivity contribution in [2.45, 2.75) is 297 Å². The van der Waals surface area contributed by atoms with Gasteiger partial charge in [0.05, 0.1) is 0 Å². The number of carbonyl (C=O) groups excluding carboxylic acids is 3. The molecule has 65 heavy (non-hydrogen) atoms. The maximum Gasteiger partial charge on any atom is 0.306 e. The number of rotatable bonds is 51. The van der Waals surface area contributed by atoms with Crippen molar-refractivity contribution in [3.63, 3.8) is 0 Å². The first-order valence-corrected chi connectivity index (χ1v) is 28.1. The highest BCUT2D eigenvalue weighted by Gasteiger charge is 2.19. The number of esters is 3. The van der Waals surface area contributed by atoms with E-state index in [1.165, 1.54) is 180 Å². The molecule has 0 aromatic rings. The molecule has 6 heteroatoms. The molecule has 0 heterocycles. The number of hydrogen-bond acceptors (Lipinski definition) is 6. The van der Waals surface area contributed by atoms with Gasteiger partial charge in [-0.1, -0.05) is 217 Å². The average molecular weight is 911 g/mol. The van der Waals surface area contributed by atoms with E-state index in [1.54, 1.807) is 0 Å². The molecule has 0 aliphatic heterocycles. The molecule has 0 N–H and O–H groups in total. The van der Waals surface area contributed by atoms with Crippen LogP contribution >= 0.6 is 0 Å². The summed E-state index contributed by atoms with van der Waals surface area (Å²) >= 11 is 0. The fourth-order valence-electron chi connectivity index (χ4n) is 7.99. The molecule has 0 radical (unpaired) electrons. The van der Waals surface area contributed by atoms with Crippen molar-refractivity contribution in [2.24, 2.45) is 0 Å². The van der Waals surface area contributed by atoms with E-state index in [4.69, 9.17) is 14.2 Å². The third kappa shape index (κ3) is 52.2. The summed E-state index contributed by atoms with van der Waals surface area (Å²) in [5.41, 5.74) is 0. The second-order valence-corrected chi connectivity index (χ2v) is 18.8. The van der Waals surface area contributed by atoms with Crippen LogP contribution in [0.3, 0.4) is 0 Å². The maximum atomic E-state index is 12.8. The summed E-state index contributed by atoms with van der Waals surface area (Å²) in [6.45, 7) is 6.60. The molecule has 0 aromatic carbocycles. The third-order valence-corrected chi connectivity index (χ3v) is 12.3. The lowest BCUT2D eigenvalue weighted by molar-refractivity contribution is -0.167. The number of unbranched alkanes of at least 4 members (excludes halogenated alkanes) is 32. The van der Waals surface area contributed by atoms with Crippen molar-refractivity contribution in [3.8, 4) is 0 Å². The zero-order valence-electron chi connectivity index (χ0n) is 43.3. The lowest BCUT2D eigenvalue weighted by Crippen LogP contribution is -2.30. The van der Waals surface area contributed by atoms with Crippen LogP contribution in [-0.2, 0) is 28.6 Å². The molecule has 0 unspecified atom stereocenters. The van der Waals surface area contributed by atoms with Gasteiger partial charge >= 0.3 is 17.9 Å². The molecule has 0 aromatic heterocycles. The van der Waals surface area contributed by atoms with E-state index in [0.717, 1.165) is 70.6 Å². The fourth-order valence-corrected chi connectivity index (χ4v) is 7.99. The normalized spacial score (nSPS) is 11.9. The van der Waals surface area contributed by atoms with Crippen molar-refractivity contribution in [1.82, 2.24) is 0 Å². The van der Waals surface area contributed by atoms with Crippen LogP contribution in [0.1, 0.15) is 290 Å². The third-order valence-electron chi connectivity index (χ3n) is 12.3. The lowest BCUT2D eigenvalue weighted by atomic mass is 10.1. The zero-order chi connectivity index (χ0) is 47.2. The molecule has 0 amide bonds. The fraction of sp³-hybridized carbons (Fsp3) is 0.814. The second kappa shape index (κ2) is 54.0. The Labute approximate surface area is 403 Å². The Bertz CT molecular complexity index is 1080. The minimum Gasteiger partial charge on any atom is -0.462 e. The topological polar surface area (TPSA) is 78.9 Å². The molecule has 0 aliphatic rings. The van der Waals surface area contributed by atoms with Crippen LogP contribution in [-0.4, -0.2) is 37.2 Å². The molecule has 0 aliphatic carbocycles. The summed E-state index contributed by atoms with van der Waals surface area (Å²) in [4.78, 5) is 38.1. The van der Waals surface area contributed by atoms with E-state index in [9.17, 15) is 14.4 Å². The van der Waals surface area contributed by atoms with Crippen LogP contribution < -0.4 is 0 Å². The average Bonchev–Trinajstić information content (AvgIpc) is 3.30. The summed E-state index contributed by atoms with van der Waals surface area (Å²) < 4.78 is 16.9. The van der Waals surface area contributed by atoms with Crippen LogP contribution in [0.15, 0.2) is 48.6 Å². The minimum absolute atomic E-state index is 0.0786. The Balaban J connectivity index is 4.39. The predicted molar refractivity (Wildman–Crippen MR) is 279 cm³/mol. The molecule has 0 atom stereocenters. The van der Waals surface area contributed by atoms with Crippen LogP contribution in [0.4, 0.5) is 0 Å². The van der Waals surface area contributed by atoms with Crippen LogP contribution in [0.5, 0.6) is 0 Å². The van der Waals surface area contributed by atoms with Gasteiger partial charge in [-0.05, 0) is 103 Å². The van der Waals surface area contributed by atoms with E-state index >= 15 is 0 Å². The highest BCUT2D eigenvalue weighted by Crippen LogP contribution is 2.15. The van der Waals surface area contributed by atoms with Crippen LogP contribution in [0.25, 0.3) is 0 Å². The maximum absolute atomic E-state index is 12.8. The van der Waals surface area contributed by atoms with Gasteiger partial charge in [-0.3, -0.25) is 14.4 Å². The molecule has 0 rings (SSSR count). The van der Waals surface area contributed by atoms with E-state index < -0.39 is 6.10 Å². The smallest absolute Gasteiger partial charge is 0.306 e. The predicted octanol–water partition coefficient (Wildman–Crippen LogP) is 18.7. The standard InChI is InChI=1S/C59H106O6/c1-4-7-10-13-16-19-22-25-28-29-32-35-38-41-44-47-50-53-59(62)65-56(54-63-57(60)51-48-45-42-39-36-33-30-26-23-20-17-14-11-8-5-2)55-64-58(61)52-49-46-43-40-37-34-31-27-24-21-18-15-12-9-6-3/h16,19-21,23-25,28,56H,4-15,17-18,22,26-27,29-55H2,1-3H3/b19-16-,23-20-,24-21-,28-25-. The van der Waals surface area contributed by atoms with Crippen LogP contribution in [0, 0.1) is 0 Å². The van der Waals surface area contributed by atoms with Gasteiger partial charge in [-0.25, -0.2) is 0 Å². The highest BCUT2D eigenvalue weighted by atomic mass is 16.6. The largest absolute Gasteiger partial charge is 0.462 e. The van der Waals surface area contributed by atoms with Crippen molar-refractivity contribution >= 4 is 17.9 Å². The SMILES string of the molecule is CCCCC/C=C\C/C=C\CCCCCCCCCC(=O)OC(COC(=O)CCCCCCCCC/C=C\CCCCCC)COC(=O)CCCCCCCCC/C=C\CCCCCC. The number of hydrogen-bond donors (Lipinski definition) is 0. The van der Waals surface area contributed by atoms with E-state index in [-0.39, 0.29) is 31.1 Å². The van der Waals surface area contributed by atoms with Gasteiger partial charge in [0.2, 0.25) is 0 Å². The van der Waals surface area contributed by atoms with Gasteiger partial charge in [0.15, 0.2) is 6.10 Å². The molecule has 6 nitrogen and oxygen atoms in total. The first-order valence-electron chi connectivity index (χ1n) is 28.1. The summed E-state index contributed by atoms with van der Waals surface area (Å²) in [5, 5.41) is 0. The second-order valence-electron chi connectivity index (χ2n) is 18.8. The molecule has 0 fully saturated rings. The Hall–Kier alpha value is -2.63. The monoisotopic (exact) mass is 911 g/mol. The number of allylic oxidation sites excluding steroid dienone is 8. The summed E-state index contributed by atoms with van der Waals surface area (Å²) in [5.74, 6) is -0.884. The molecule has 0 spiro atoms. The summed E-state index contributed by atoms with van der Waals surface area (Å²) in [7, 11) is 0. The summed E-state index contributed by atoms with van der Waals surface area (Å²) in [6, 6.07) is 0. The van der Waals surface area contributed by atoms with E-state index in [0.29, 0.717) is 19.3 Å². The first kappa shape index (κ1) is 62.4. The quantitative estimate of drug-likeness (QED) is 0.0262. The Kier molecular flexibility index (Phi) is 51.8. The molecule has 378 valence electrons. The Morgan fingerprint density at radius 2 is 0.554 bits per heavy atom. The van der Waals surface area contributed by atoms with Gasteiger partial charge in [-0.2, -0.15) is 0 Å². The van der Waals surface area contributed by atoms with Crippen molar-refractivity contribution < 1.29 is 28.6 Å². The van der Waals surface area contributed by atoms with E-state index in [2.05, 4.69) is 69.4 Å². The Morgan fingerprint density at radius 3 is 0.892 bits per heavy atom. The number of carbonyl (C=O) groups is 3. The molecule has 0 bridgehead atoms. The summed E-state index contributed by atoms with van der Waals surface area (Å²) in [6.07, 6.45) is 65.2. The highest BCUT2D eigenvalue weighted by molar-refractivity contribution is 5.71. The van der Waals surface area contributed by atoms with Gasteiger partial charge in [0, 0.05) is 19.3 Å². The van der Waals surface area contributed by atoms with Gasteiger partial charge in [0.25, 0.3) is 0 Å². The van der Waals surface area contributed by atoms with E-state index in [1.807, 2.05) is 0 Å². The van der Waals surface area contributed by atoms with Gasteiger partial charge in [-0.15, -0.1) is 0 Å². The van der Waals surface area contributed by atoms with Crippen molar-refractivity contribution in [3.05, 3.63) is 48.6 Å². The zero-order valence-corrected chi connectivity index (χ0v) is 43.3. The molecular weight excluding hydrogens is 805 g/mol. The van der Waals surface area contributed by atoms with Gasteiger partial charge in [0.1, 0.15) is 13.2 Å². The van der Waals surface area contributed by atoms with Crippen molar-refractivity contribution in [2.75, 3.05) is 13.2 Å². The first-order chi connectivity index (χ1) is 32.0.